The molecule has 0 aromatic carbocycles. The molecular weight excluding hydrogens is 600 g/mol. The normalized spacial score (nSPS) is 55.3. The first-order valence-corrected chi connectivity index (χ1v) is 17.7. The SMILES string of the molecule is C[C@H]1[C@H](OC(=O)CCC(=O)O[C@@H]2O[C@@H]3O[C@@]4(C)CC[C@@H]5[C@H](C)CC[C@H]([C@H]2C)[C@@]35OO4)O[C@@H]2O[C@@]3(C)CC[C@@H]4[C@H](C)CC[C@H]1[C@@]24OO3. The molecule has 2 saturated carbocycles. The smallest absolute Gasteiger partial charge is 0.308 e. The van der Waals surface area contributed by atoms with Crippen LogP contribution in [0.4, 0.5) is 0 Å². The summed E-state index contributed by atoms with van der Waals surface area (Å²) in [7, 11) is 0. The summed E-state index contributed by atoms with van der Waals surface area (Å²) in [6.07, 6.45) is 3.78. The average molecular weight is 651 g/mol. The van der Waals surface area contributed by atoms with E-state index in [2.05, 4.69) is 13.8 Å². The van der Waals surface area contributed by atoms with Crippen LogP contribution in [0.5, 0.6) is 0 Å². The third kappa shape index (κ3) is 4.68. The van der Waals surface area contributed by atoms with Crippen LogP contribution in [-0.4, -0.2) is 59.9 Å². The van der Waals surface area contributed by atoms with E-state index in [1.807, 2.05) is 27.7 Å². The van der Waals surface area contributed by atoms with Gasteiger partial charge in [0.25, 0.3) is 0 Å². The van der Waals surface area contributed by atoms with Gasteiger partial charge in [-0.25, -0.2) is 19.6 Å². The van der Waals surface area contributed by atoms with E-state index in [4.69, 9.17) is 48.0 Å². The molecule has 0 aromatic heterocycles. The minimum absolute atomic E-state index is 0.0339. The van der Waals surface area contributed by atoms with Gasteiger partial charge in [0.05, 0.1) is 12.8 Å². The summed E-state index contributed by atoms with van der Waals surface area (Å²) < 4.78 is 37.2. The van der Waals surface area contributed by atoms with E-state index in [1.54, 1.807) is 0 Å². The van der Waals surface area contributed by atoms with E-state index in [-0.39, 0.29) is 48.3 Å². The number of hydrogen-bond acceptors (Lipinski definition) is 12. The summed E-state index contributed by atoms with van der Waals surface area (Å²) in [5.74, 6) is -1.81. The fourth-order valence-electron chi connectivity index (χ4n) is 10.6. The molecule has 0 radical (unpaired) electrons. The van der Waals surface area contributed by atoms with Gasteiger partial charge >= 0.3 is 11.9 Å². The number of esters is 2. The lowest BCUT2D eigenvalue weighted by molar-refractivity contribution is -0.576. The molecule has 10 fully saturated rings. The van der Waals surface area contributed by atoms with Crippen molar-refractivity contribution in [1.29, 1.82) is 0 Å². The van der Waals surface area contributed by atoms with E-state index >= 15 is 0 Å². The first-order chi connectivity index (χ1) is 21.9. The molecule has 8 heterocycles. The molecular formula is C34H50O12. The first kappa shape index (κ1) is 31.9. The van der Waals surface area contributed by atoms with Crippen LogP contribution in [0.15, 0.2) is 0 Å². The van der Waals surface area contributed by atoms with Gasteiger partial charge in [0.1, 0.15) is 0 Å². The summed E-state index contributed by atoms with van der Waals surface area (Å²) >= 11 is 0. The third-order valence-corrected chi connectivity index (χ3v) is 13.2. The van der Waals surface area contributed by atoms with Crippen molar-refractivity contribution < 1.29 is 57.6 Å². The lowest BCUT2D eigenvalue weighted by Gasteiger charge is -2.60. The Labute approximate surface area is 270 Å². The second-order valence-electron chi connectivity index (χ2n) is 16.0. The van der Waals surface area contributed by atoms with Crippen molar-refractivity contribution in [2.75, 3.05) is 0 Å². The van der Waals surface area contributed by atoms with Gasteiger partial charge in [-0.15, -0.1) is 0 Å². The number of fused-ring (bicyclic) bond motifs is 4. The number of ether oxygens (including phenoxy) is 6. The van der Waals surface area contributed by atoms with Crippen molar-refractivity contribution in [1.82, 2.24) is 0 Å². The van der Waals surface area contributed by atoms with Gasteiger partial charge in [-0.3, -0.25) is 9.59 Å². The molecule has 4 bridgehead atoms. The van der Waals surface area contributed by atoms with Crippen LogP contribution in [0.1, 0.15) is 106 Å². The van der Waals surface area contributed by atoms with Crippen LogP contribution in [0.25, 0.3) is 0 Å². The molecule has 10 rings (SSSR count). The van der Waals surface area contributed by atoms with Gasteiger partial charge in [-0.2, -0.15) is 0 Å². The van der Waals surface area contributed by atoms with Crippen molar-refractivity contribution >= 4 is 11.9 Å². The van der Waals surface area contributed by atoms with Gasteiger partial charge < -0.3 is 28.4 Å². The predicted octanol–water partition coefficient (Wildman–Crippen LogP) is 5.27. The third-order valence-electron chi connectivity index (χ3n) is 13.2. The highest BCUT2D eigenvalue weighted by molar-refractivity contribution is 5.77. The Morgan fingerprint density at radius 3 is 1.41 bits per heavy atom. The molecule has 0 unspecified atom stereocenters. The second-order valence-corrected chi connectivity index (χ2v) is 16.0. The van der Waals surface area contributed by atoms with Crippen LogP contribution in [-0.2, 0) is 57.6 Å². The van der Waals surface area contributed by atoms with Gasteiger partial charge in [0.2, 0.25) is 24.2 Å². The minimum Gasteiger partial charge on any atom is -0.435 e. The molecule has 258 valence electrons. The van der Waals surface area contributed by atoms with Crippen LogP contribution in [0.2, 0.25) is 0 Å². The molecule has 12 heteroatoms. The van der Waals surface area contributed by atoms with Crippen molar-refractivity contribution in [2.45, 2.75) is 154 Å². The van der Waals surface area contributed by atoms with E-state index in [0.717, 1.165) is 38.5 Å². The maximum atomic E-state index is 13.1. The Morgan fingerprint density at radius 2 is 1.00 bits per heavy atom. The van der Waals surface area contributed by atoms with E-state index in [9.17, 15) is 9.59 Å². The summed E-state index contributed by atoms with van der Waals surface area (Å²) in [5, 5.41) is 0. The topological polar surface area (TPSA) is 126 Å². The molecule has 10 aliphatic rings. The number of carbonyl (C=O) groups is 2. The standard InChI is InChI=1S/C34H50O12/c1-17-7-9-23-19(3)27(39-29-33(23)21(17)13-15-31(5,41-29)43-45-33)37-25(35)11-12-26(36)38-28-20(4)24-10-8-18(2)22-14-16-32(6)42-30(40-28)34(22,24)46-44-32/h17-24,27-30H,7-16H2,1-6H3/t17-,18-,19-,20-,21-,22-,23-,24-,27-,28-,29-,30-,31-,32-,33-,34-/m1/s1. The molecule has 46 heavy (non-hydrogen) atoms. The van der Waals surface area contributed by atoms with Crippen molar-refractivity contribution in [3.8, 4) is 0 Å². The van der Waals surface area contributed by atoms with Crippen LogP contribution in [0.3, 0.4) is 0 Å². The number of rotatable bonds is 5. The molecule has 0 N–H and O–H groups in total. The van der Waals surface area contributed by atoms with Crippen LogP contribution >= 0.6 is 0 Å². The van der Waals surface area contributed by atoms with Crippen LogP contribution < -0.4 is 0 Å². The Kier molecular flexibility index (Phi) is 7.66. The summed E-state index contributed by atoms with van der Waals surface area (Å²) in [6, 6.07) is 0. The Morgan fingerprint density at radius 1 is 0.587 bits per heavy atom. The summed E-state index contributed by atoms with van der Waals surface area (Å²) in [6.45, 7) is 12.3. The lowest BCUT2D eigenvalue weighted by atomic mass is 9.58. The zero-order chi connectivity index (χ0) is 32.2. The molecule has 0 aromatic rings. The van der Waals surface area contributed by atoms with E-state index < -0.39 is 59.9 Å². The highest BCUT2D eigenvalue weighted by atomic mass is 17.3. The first-order valence-electron chi connectivity index (χ1n) is 17.7. The number of carbonyl (C=O) groups excluding carboxylic acids is 2. The fraction of sp³-hybridized carbons (Fsp3) is 0.941. The fourth-order valence-corrected chi connectivity index (χ4v) is 10.6. The quantitative estimate of drug-likeness (QED) is 0.284. The molecule has 12 nitrogen and oxygen atoms in total. The summed E-state index contributed by atoms with van der Waals surface area (Å²) in [4.78, 5) is 50.3. The molecule has 16 atom stereocenters. The maximum Gasteiger partial charge on any atom is 0.308 e. The van der Waals surface area contributed by atoms with Crippen molar-refractivity contribution in [2.24, 2.45) is 47.3 Å². The zero-order valence-electron chi connectivity index (χ0n) is 27.9. The molecule has 8 aliphatic heterocycles. The predicted molar refractivity (Wildman–Crippen MR) is 155 cm³/mol. The van der Waals surface area contributed by atoms with Gasteiger partial charge in [0.15, 0.2) is 23.8 Å². The van der Waals surface area contributed by atoms with Crippen LogP contribution in [0, 0.1) is 47.3 Å². The molecule has 2 spiro atoms. The molecule has 8 saturated heterocycles. The highest BCUT2D eigenvalue weighted by Gasteiger charge is 2.71. The zero-order valence-corrected chi connectivity index (χ0v) is 27.9. The monoisotopic (exact) mass is 650 g/mol. The van der Waals surface area contributed by atoms with Crippen molar-refractivity contribution in [3.05, 3.63) is 0 Å². The van der Waals surface area contributed by atoms with Crippen molar-refractivity contribution in [3.63, 3.8) is 0 Å². The molecule has 2 aliphatic carbocycles. The van der Waals surface area contributed by atoms with Gasteiger partial charge in [-0.1, -0.05) is 27.7 Å². The lowest BCUT2D eigenvalue weighted by Crippen LogP contribution is -2.70. The Balaban J connectivity index is 0.902. The number of hydrogen-bond donors (Lipinski definition) is 0. The van der Waals surface area contributed by atoms with E-state index in [1.165, 1.54) is 0 Å². The Bertz CT molecular complexity index is 1140. The largest absolute Gasteiger partial charge is 0.435 e. The maximum absolute atomic E-state index is 13.1. The summed E-state index contributed by atoms with van der Waals surface area (Å²) in [5.41, 5.74) is -1.47. The highest BCUT2D eigenvalue weighted by Crippen LogP contribution is 2.62. The van der Waals surface area contributed by atoms with Gasteiger partial charge in [-0.05, 0) is 76.0 Å². The Hall–Kier alpha value is -1.38. The van der Waals surface area contributed by atoms with Gasteiger partial charge in [0, 0.05) is 36.5 Å². The minimum atomic E-state index is -0.913. The molecule has 0 amide bonds. The van der Waals surface area contributed by atoms with E-state index in [0.29, 0.717) is 24.7 Å². The second kappa shape index (κ2) is 11.1. The average Bonchev–Trinajstić information content (AvgIpc) is 3.39.